The smallest absolute Gasteiger partial charge is 0.247 e. The summed E-state index contributed by atoms with van der Waals surface area (Å²) in [5.74, 6) is -1.49. The van der Waals surface area contributed by atoms with E-state index in [1.165, 1.54) is 13.8 Å². The van der Waals surface area contributed by atoms with Crippen LogP contribution in [0.1, 0.15) is 34.1 Å². The number of carbonyl (C=O) groups excluding carboxylic acids is 1. The fraction of sp³-hybridized carbons (Fsp3) is 0.588. The van der Waals surface area contributed by atoms with Gasteiger partial charge in [0.05, 0.1) is 11.9 Å². The first kappa shape index (κ1) is 22.0. The zero-order valence-electron chi connectivity index (χ0n) is 15.9. The highest BCUT2D eigenvalue weighted by atomic mass is 32.2. The first-order valence-electron chi connectivity index (χ1n) is 8.28. The Morgan fingerprint density at radius 1 is 1.50 bits per heavy atom. The van der Waals surface area contributed by atoms with Crippen LogP contribution in [-0.2, 0) is 19.4 Å². The molecule has 1 amide bonds. The molecule has 1 aliphatic rings. The lowest BCUT2D eigenvalue weighted by molar-refractivity contribution is -0.121. The molecule has 1 unspecified atom stereocenters. The Labute approximate surface area is 155 Å². The number of ether oxygens (including phenoxy) is 1. The minimum atomic E-state index is -3.69. The molecule has 0 saturated heterocycles. The van der Waals surface area contributed by atoms with Crippen LogP contribution >= 0.6 is 0 Å². The van der Waals surface area contributed by atoms with Crippen LogP contribution in [-0.4, -0.2) is 49.8 Å². The highest BCUT2D eigenvalue weighted by molar-refractivity contribution is 7.93. The maximum absolute atomic E-state index is 12.4. The van der Waals surface area contributed by atoms with E-state index in [-0.39, 0.29) is 23.6 Å². The minimum Gasteiger partial charge on any atom is -0.383 e. The van der Waals surface area contributed by atoms with Gasteiger partial charge in [-0.1, -0.05) is 32.1 Å². The molecule has 0 aliphatic heterocycles. The van der Waals surface area contributed by atoms with Gasteiger partial charge in [-0.05, 0) is 26.2 Å². The number of methoxy groups -OCH3 is 1. The Balaban J connectivity index is 2.82. The topological polar surface area (TPSA) is 135 Å². The molecule has 0 bridgehead atoms. The van der Waals surface area contributed by atoms with Crippen LogP contribution in [0.2, 0.25) is 0 Å². The molecule has 4 N–H and O–H groups in total. The van der Waals surface area contributed by atoms with E-state index in [1.54, 1.807) is 27.0 Å². The van der Waals surface area contributed by atoms with E-state index in [4.69, 9.17) is 15.9 Å². The van der Waals surface area contributed by atoms with Crippen molar-refractivity contribution in [3.63, 3.8) is 0 Å². The quantitative estimate of drug-likeness (QED) is 0.466. The zero-order chi connectivity index (χ0) is 20.1. The Morgan fingerprint density at radius 3 is 2.58 bits per heavy atom. The third-order valence-electron chi connectivity index (χ3n) is 4.00. The van der Waals surface area contributed by atoms with Crippen LogP contribution in [0.4, 0.5) is 0 Å². The number of nitrogens with one attached hydrogen (secondary N) is 2. The molecular formula is C17H28N4O4S. The molecule has 0 aromatic rings. The van der Waals surface area contributed by atoms with E-state index in [2.05, 4.69) is 10.3 Å². The van der Waals surface area contributed by atoms with Gasteiger partial charge in [-0.15, -0.1) is 0 Å². The summed E-state index contributed by atoms with van der Waals surface area (Å²) in [4.78, 5) is 16.2. The van der Waals surface area contributed by atoms with Crippen molar-refractivity contribution in [1.29, 1.82) is 5.41 Å². The van der Waals surface area contributed by atoms with Gasteiger partial charge in [-0.2, -0.15) is 4.99 Å². The van der Waals surface area contributed by atoms with Gasteiger partial charge >= 0.3 is 0 Å². The van der Waals surface area contributed by atoms with Gasteiger partial charge < -0.3 is 10.5 Å². The van der Waals surface area contributed by atoms with Gasteiger partial charge in [0.25, 0.3) is 0 Å². The highest BCUT2D eigenvalue weighted by Crippen LogP contribution is 2.20. The first-order chi connectivity index (χ1) is 11.9. The number of sulfone groups is 1. The Hall–Kier alpha value is -2.00. The Morgan fingerprint density at radius 2 is 2.12 bits per heavy atom. The minimum absolute atomic E-state index is 0.0299. The van der Waals surface area contributed by atoms with Crippen molar-refractivity contribution >= 4 is 27.5 Å². The molecule has 0 spiro atoms. The molecule has 26 heavy (non-hydrogen) atoms. The van der Waals surface area contributed by atoms with Crippen molar-refractivity contribution in [2.45, 2.75) is 45.0 Å². The number of carbonyl (C=O) groups is 1. The average molecular weight is 385 g/mol. The van der Waals surface area contributed by atoms with Crippen molar-refractivity contribution in [1.82, 2.24) is 5.32 Å². The maximum atomic E-state index is 12.4. The first-order valence-corrected chi connectivity index (χ1v) is 9.94. The van der Waals surface area contributed by atoms with Crippen LogP contribution in [0.25, 0.3) is 0 Å². The van der Waals surface area contributed by atoms with E-state index in [9.17, 15) is 13.2 Å². The SMILES string of the molecule is COC1C=CC(C(N)=NC(=N)NC(=O)C(C)(C)S(=O)(=O)CC(C)C)=CC1. The number of rotatable bonds is 6. The van der Waals surface area contributed by atoms with E-state index < -0.39 is 26.5 Å². The predicted molar refractivity (Wildman–Crippen MR) is 103 cm³/mol. The highest BCUT2D eigenvalue weighted by Gasteiger charge is 2.42. The van der Waals surface area contributed by atoms with Crippen molar-refractivity contribution in [3.8, 4) is 0 Å². The van der Waals surface area contributed by atoms with Crippen molar-refractivity contribution in [2.24, 2.45) is 16.6 Å². The van der Waals surface area contributed by atoms with E-state index in [1.807, 2.05) is 12.2 Å². The zero-order valence-corrected chi connectivity index (χ0v) is 16.7. The molecule has 0 saturated carbocycles. The number of nitrogens with two attached hydrogens (primary N) is 1. The second-order valence-electron chi connectivity index (χ2n) is 7.01. The molecule has 0 fully saturated rings. The molecular weight excluding hydrogens is 356 g/mol. The van der Waals surface area contributed by atoms with E-state index >= 15 is 0 Å². The van der Waals surface area contributed by atoms with Crippen molar-refractivity contribution in [2.75, 3.05) is 12.9 Å². The Kier molecular flexibility index (Phi) is 7.28. The van der Waals surface area contributed by atoms with Crippen molar-refractivity contribution < 1.29 is 17.9 Å². The molecule has 1 rings (SSSR count). The second-order valence-corrected chi connectivity index (χ2v) is 9.60. The average Bonchev–Trinajstić information content (AvgIpc) is 2.53. The lowest BCUT2D eigenvalue weighted by atomic mass is 10.0. The van der Waals surface area contributed by atoms with Crippen LogP contribution < -0.4 is 11.1 Å². The Bertz CT molecular complexity index is 749. The number of nitrogens with zero attached hydrogens (tertiary/aromatic N) is 1. The predicted octanol–water partition coefficient (Wildman–Crippen LogP) is 1.15. The summed E-state index contributed by atoms with van der Waals surface area (Å²) in [5, 5.41) is 10.0. The molecule has 0 radical (unpaired) electrons. The summed E-state index contributed by atoms with van der Waals surface area (Å²) in [5.41, 5.74) is 6.47. The lowest BCUT2D eigenvalue weighted by Crippen LogP contribution is -2.50. The number of hydrogen-bond acceptors (Lipinski definition) is 5. The maximum Gasteiger partial charge on any atom is 0.247 e. The molecule has 8 nitrogen and oxygen atoms in total. The summed E-state index contributed by atoms with van der Waals surface area (Å²) < 4.78 is 28.3. The number of amides is 1. The van der Waals surface area contributed by atoms with Crippen molar-refractivity contribution in [3.05, 3.63) is 23.8 Å². The summed E-state index contributed by atoms with van der Waals surface area (Å²) in [6, 6.07) is 0. The van der Waals surface area contributed by atoms with Gasteiger partial charge in [0, 0.05) is 12.7 Å². The molecule has 9 heteroatoms. The van der Waals surface area contributed by atoms with Crippen LogP contribution in [0.5, 0.6) is 0 Å². The standard InChI is InChI=1S/C17H28N4O4S/c1-11(2)10-26(23,24)17(3,4)15(22)21-16(19)20-14(18)12-6-8-13(25-5)9-7-12/h6-8,11,13H,9-10H2,1-5H3,(H4,18,19,20,21,22). The van der Waals surface area contributed by atoms with Gasteiger partial charge in [0.15, 0.2) is 9.84 Å². The number of aliphatic imine (C=N–C) groups is 1. The van der Waals surface area contributed by atoms with Crippen LogP contribution in [0.3, 0.4) is 0 Å². The van der Waals surface area contributed by atoms with E-state index in [0.29, 0.717) is 12.0 Å². The lowest BCUT2D eigenvalue weighted by Gasteiger charge is -2.24. The van der Waals surface area contributed by atoms with E-state index in [0.717, 1.165) is 0 Å². The fourth-order valence-electron chi connectivity index (χ4n) is 2.22. The summed E-state index contributed by atoms with van der Waals surface area (Å²) in [6.45, 7) is 6.16. The summed E-state index contributed by atoms with van der Waals surface area (Å²) >= 11 is 0. The largest absolute Gasteiger partial charge is 0.383 e. The van der Waals surface area contributed by atoms with Gasteiger partial charge in [-0.25, -0.2) is 8.42 Å². The summed E-state index contributed by atoms with van der Waals surface area (Å²) in [7, 11) is -2.08. The normalized spacial score (nSPS) is 18.6. The summed E-state index contributed by atoms with van der Waals surface area (Å²) in [6.07, 6.45) is 5.96. The van der Waals surface area contributed by atoms with Gasteiger partial charge in [0.2, 0.25) is 11.9 Å². The van der Waals surface area contributed by atoms with Gasteiger partial charge in [0.1, 0.15) is 10.6 Å². The molecule has 0 aromatic carbocycles. The number of guanidine groups is 1. The van der Waals surface area contributed by atoms with Crippen LogP contribution in [0.15, 0.2) is 28.8 Å². The number of hydrogen-bond donors (Lipinski definition) is 3. The van der Waals surface area contributed by atoms with Gasteiger partial charge in [-0.3, -0.25) is 15.5 Å². The molecule has 1 atom stereocenters. The molecule has 0 aromatic heterocycles. The molecule has 1 aliphatic carbocycles. The second kappa shape index (κ2) is 8.59. The molecule has 0 heterocycles. The number of amidine groups is 1. The molecule has 146 valence electrons. The third-order valence-corrected chi connectivity index (χ3v) is 6.85. The third kappa shape index (κ3) is 5.50. The van der Waals surface area contributed by atoms with Crippen LogP contribution in [0, 0.1) is 11.3 Å². The monoisotopic (exact) mass is 384 g/mol. The fourth-order valence-corrected chi connectivity index (χ4v) is 3.85.